The first-order valence-electron chi connectivity index (χ1n) is 6.68. The Kier molecular flexibility index (Phi) is 3.30. The van der Waals surface area contributed by atoms with Crippen LogP contribution in [0.5, 0.6) is 0 Å². The quantitative estimate of drug-likeness (QED) is 0.640. The lowest BCUT2D eigenvalue weighted by Crippen LogP contribution is -1.86. The Morgan fingerprint density at radius 1 is 1.05 bits per heavy atom. The monoisotopic (exact) mass is 282 g/mol. The largest absolute Gasteiger partial charge is 0.275 e. The van der Waals surface area contributed by atoms with Gasteiger partial charge in [-0.1, -0.05) is 24.3 Å². The Morgan fingerprint density at radius 3 is 2.55 bits per heavy atom. The molecule has 0 N–H and O–H groups in total. The van der Waals surface area contributed by atoms with Crippen molar-refractivity contribution in [3.05, 3.63) is 47.7 Å². The van der Waals surface area contributed by atoms with Crippen molar-refractivity contribution in [2.75, 3.05) is 6.26 Å². The lowest BCUT2D eigenvalue weighted by molar-refractivity contribution is 0.779. The Hall–Kier alpha value is -1.74. The van der Waals surface area contributed by atoms with Crippen molar-refractivity contribution in [3.63, 3.8) is 0 Å². The van der Waals surface area contributed by atoms with Crippen LogP contribution in [0.3, 0.4) is 0 Å². The fourth-order valence-corrected chi connectivity index (χ4v) is 3.24. The maximum Gasteiger partial charge on any atom is 0.0958 e. The normalized spacial score (nSPS) is 11.2. The highest BCUT2D eigenvalue weighted by Gasteiger charge is 2.10. The van der Waals surface area contributed by atoms with Crippen LogP contribution in [0.25, 0.3) is 22.0 Å². The first-order valence-corrected chi connectivity index (χ1v) is 7.90. The molecule has 0 unspecified atom stereocenters. The van der Waals surface area contributed by atoms with Gasteiger partial charge in [-0.2, -0.15) is 5.10 Å². The highest BCUT2D eigenvalue weighted by atomic mass is 32.2. The van der Waals surface area contributed by atoms with Crippen molar-refractivity contribution in [3.8, 4) is 11.1 Å². The third-order valence-corrected chi connectivity index (χ3v) is 4.60. The van der Waals surface area contributed by atoms with Crippen LogP contribution in [0.2, 0.25) is 0 Å². The molecule has 0 bridgehead atoms. The summed E-state index contributed by atoms with van der Waals surface area (Å²) >= 11 is 1.79. The topological polar surface area (TPSA) is 17.8 Å². The van der Waals surface area contributed by atoms with E-state index < -0.39 is 0 Å². The predicted molar refractivity (Wildman–Crippen MR) is 87.4 cm³/mol. The molecule has 2 nitrogen and oxygen atoms in total. The molecule has 3 aromatic rings. The van der Waals surface area contributed by atoms with E-state index in [0.717, 1.165) is 5.52 Å². The van der Waals surface area contributed by atoms with Gasteiger partial charge in [0, 0.05) is 23.5 Å². The molecule has 1 heterocycles. The molecule has 20 heavy (non-hydrogen) atoms. The first kappa shape index (κ1) is 13.3. The Balaban J connectivity index is 2.24. The standard InChI is InChI=1S/C17H18N2S/c1-11-5-7-14(15-10-19(3)18-17(11)15)13-6-8-16(20-4)12(2)9-13/h5-10H,1-4H3. The summed E-state index contributed by atoms with van der Waals surface area (Å²) in [5.41, 5.74) is 6.17. The van der Waals surface area contributed by atoms with Crippen LogP contribution in [0.1, 0.15) is 11.1 Å². The Labute approximate surface area is 123 Å². The summed E-state index contributed by atoms with van der Waals surface area (Å²) in [6, 6.07) is 11.0. The van der Waals surface area contributed by atoms with E-state index in [1.807, 2.05) is 11.7 Å². The maximum atomic E-state index is 4.57. The van der Waals surface area contributed by atoms with E-state index in [9.17, 15) is 0 Å². The maximum absolute atomic E-state index is 4.57. The van der Waals surface area contributed by atoms with Crippen molar-refractivity contribution in [1.82, 2.24) is 9.78 Å². The van der Waals surface area contributed by atoms with Gasteiger partial charge in [0.1, 0.15) is 0 Å². The number of aryl methyl sites for hydroxylation is 3. The first-order chi connectivity index (χ1) is 9.60. The van der Waals surface area contributed by atoms with E-state index in [2.05, 4.69) is 61.7 Å². The smallest absolute Gasteiger partial charge is 0.0958 e. The SMILES string of the molecule is CSc1ccc(-c2ccc(C)c3nn(C)cc23)cc1C. The lowest BCUT2D eigenvalue weighted by atomic mass is 9.98. The molecular formula is C17H18N2S. The molecule has 0 spiro atoms. The minimum absolute atomic E-state index is 1.09. The number of fused-ring (bicyclic) bond motifs is 1. The average Bonchev–Trinajstić information content (AvgIpc) is 2.81. The summed E-state index contributed by atoms with van der Waals surface area (Å²) in [7, 11) is 1.98. The molecule has 0 saturated carbocycles. The molecule has 1 aromatic heterocycles. The molecule has 0 atom stereocenters. The molecule has 0 fully saturated rings. The highest BCUT2D eigenvalue weighted by Crippen LogP contribution is 2.32. The molecule has 0 saturated heterocycles. The van der Waals surface area contributed by atoms with Gasteiger partial charge in [-0.15, -0.1) is 11.8 Å². The highest BCUT2D eigenvalue weighted by molar-refractivity contribution is 7.98. The van der Waals surface area contributed by atoms with Crippen LogP contribution in [-0.4, -0.2) is 16.0 Å². The minimum Gasteiger partial charge on any atom is -0.275 e. The van der Waals surface area contributed by atoms with Gasteiger partial charge in [-0.3, -0.25) is 4.68 Å². The summed E-state index contributed by atoms with van der Waals surface area (Å²) < 4.78 is 1.89. The third-order valence-electron chi connectivity index (χ3n) is 3.70. The molecule has 3 rings (SSSR count). The van der Waals surface area contributed by atoms with Crippen molar-refractivity contribution in [1.29, 1.82) is 0 Å². The molecule has 102 valence electrons. The minimum atomic E-state index is 1.09. The molecule has 0 aliphatic rings. The van der Waals surface area contributed by atoms with Crippen LogP contribution < -0.4 is 0 Å². The van der Waals surface area contributed by atoms with Gasteiger partial charge in [0.05, 0.1) is 5.52 Å². The molecule has 0 amide bonds. The van der Waals surface area contributed by atoms with Crippen LogP contribution in [0.15, 0.2) is 41.4 Å². The van der Waals surface area contributed by atoms with E-state index >= 15 is 0 Å². The van der Waals surface area contributed by atoms with Crippen LogP contribution in [0.4, 0.5) is 0 Å². The summed E-state index contributed by atoms with van der Waals surface area (Å²) in [6.07, 6.45) is 4.22. The lowest BCUT2D eigenvalue weighted by Gasteiger charge is -2.08. The molecular weight excluding hydrogens is 264 g/mol. The molecule has 2 aromatic carbocycles. The van der Waals surface area contributed by atoms with Crippen LogP contribution in [0, 0.1) is 13.8 Å². The molecule has 0 radical (unpaired) electrons. The van der Waals surface area contributed by atoms with E-state index in [4.69, 9.17) is 0 Å². The van der Waals surface area contributed by atoms with E-state index in [1.165, 1.54) is 32.5 Å². The third kappa shape index (κ3) is 2.12. The Bertz CT molecular complexity index is 787. The summed E-state index contributed by atoms with van der Waals surface area (Å²) in [5, 5.41) is 5.79. The number of nitrogens with zero attached hydrogens (tertiary/aromatic N) is 2. The second-order valence-electron chi connectivity index (χ2n) is 5.18. The van der Waals surface area contributed by atoms with Gasteiger partial charge >= 0.3 is 0 Å². The van der Waals surface area contributed by atoms with Gasteiger partial charge in [-0.05, 0) is 48.4 Å². The number of hydrogen-bond donors (Lipinski definition) is 0. The zero-order valence-electron chi connectivity index (χ0n) is 12.3. The van der Waals surface area contributed by atoms with Crippen molar-refractivity contribution in [2.24, 2.45) is 7.05 Å². The number of aromatic nitrogens is 2. The van der Waals surface area contributed by atoms with E-state index in [0.29, 0.717) is 0 Å². The van der Waals surface area contributed by atoms with E-state index in [1.54, 1.807) is 11.8 Å². The number of benzene rings is 2. The van der Waals surface area contributed by atoms with Gasteiger partial charge in [0.25, 0.3) is 0 Å². The summed E-state index contributed by atoms with van der Waals surface area (Å²) in [4.78, 5) is 1.34. The molecule has 0 aliphatic heterocycles. The summed E-state index contributed by atoms with van der Waals surface area (Å²) in [5.74, 6) is 0. The molecule has 3 heteroatoms. The second-order valence-corrected chi connectivity index (χ2v) is 6.03. The second kappa shape index (κ2) is 4.98. The van der Waals surface area contributed by atoms with Gasteiger partial charge in [0.2, 0.25) is 0 Å². The van der Waals surface area contributed by atoms with Crippen LogP contribution >= 0.6 is 11.8 Å². The van der Waals surface area contributed by atoms with Gasteiger partial charge in [0.15, 0.2) is 0 Å². The fraction of sp³-hybridized carbons (Fsp3) is 0.235. The van der Waals surface area contributed by atoms with Crippen molar-refractivity contribution in [2.45, 2.75) is 18.7 Å². The Morgan fingerprint density at radius 2 is 1.85 bits per heavy atom. The van der Waals surface area contributed by atoms with Gasteiger partial charge < -0.3 is 0 Å². The van der Waals surface area contributed by atoms with Gasteiger partial charge in [-0.25, -0.2) is 0 Å². The predicted octanol–water partition coefficient (Wildman–Crippen LogP) is 4.58. The number of thioether (sulfide) groups is 1. The summed E-state index contributed by atoms with van der Waals surface area (Å²) in [6.45, 7) is 4.28. The van der Waals surface area contributed by atoms with E-state index in [-0.39, 0.29) is 0 Å². The van der Waals surface area contributed by atoms with Crippen molar-refractivity contribution < 1.29 is 0 Å². The number of hydrogen-bond acceptors (Lipinski definition) is 2. The zero-order valence-corrected chi connectivity index (χ0v) is 13.1. The number of rotatable bonds is 2. The molecule has 0 aliphatic carbocycles. The zero-order chi connectivity index (χ0) is 14.3. The average molecular weight is 282 g/mol. The fourth-order valence-electron chi connectivity index (χ4n) is 2.65. The van der Waals surface area contributed by atoms with Crippen molar-refractivity contribution >= 4 is 22.7 Å². The van der Waals surface area contributed by atoms with Crippen LogP contribution in [-0.2, 0) is 7.05 Å².